The molecule has 1 amide bonds. The van der Waals surface area contributed by atoms with Crippen molar-refractivity contribution in [3.63, 3.8) is 0 Å². The number of sulfonamides is 1. The van der Waals surface area contributed by atoms with E-state index >= 15 is 0 Å². The number of aryl methyl sites for hydroxylation is 1. The number of hydrogen-bond donors (Lipinski definition) is 2. The molecule has 2 N–H and O–H groups in total. The third-order valence-corrected chi connectivity index (χ3v) is 8.21. The topological polar surface area (TPSA) is 123 Å². The minimum absolute atomic E-state index is 0.0253. The molecule has 2 aromatic carbocycles. The first-order chi connectivity index (χ1) is 17.8. The molecule has 0 spiro atoms. The van der Waals surface area contributed by atoms with E-state index < -0.39 is 15.9 Å². The Balaban J connectivity index is 1.35. The van der Waals surface area contributed by atoms with E-state index in [0.29, 0.717) is 32.9 Å². The van der Waals surface area contributed by atoms with Gasteiger partial charge in [-0.2, -0.15) is 0 Å². The van der Waals surface area contributed by atoms with Crippen LogP contribution in [0.1, 0.15) is 20.8 Å². The SMILES string of the molecule is Cc1c(C(=O)Nc2ccc(S(=O)(=O)Nc3ccccn3)cc2)sc2ncn(Cc3ccccc3)c(=O)c12. The fourth-order valence-electron chi connectivity index (χ4n) is 3.79. The number of pyridine rings is 1. The van der Waals surface area contributed by atoms with Crippen molar-refractivity contribution in [2.45, 2.75) is 18.4 Å². The number of fused-ring (bicyclic) bond motifs is 1. The van der Waals surface area contributed by atoms with Gasteiger partial charge in [0.2, 0.25) is 0 Å². The van der Waals surface area contributed by atoms with E-state index in [9.17, 15) is 18.0 Å². The van der Waals surface area contributed by atoms with Gasteiger partial charge in [-0.15, -0.1) is 11.3 Å². The summed E-state index contributed by atoms with van der Waals surface area (Å²) in [6.45, 7) is 2.10. The molecule has 5 aromatic rings. The molecule has 0 radical (unpaired) electrons. The predicted molar refractivity (Wildman–Crippen MR) is 144 cm³/mol. The van der Waals surface area contributed by atoms with Gasteiger partial charge in [0.15, 0.2) is 0 Å². The maximum atomic E-state index is 13.1. The van der Waals surface area contributed by atoms with Crippen LogP contribution in [-0.4, -0.2) is 28.9 Å². The first-order valence-corrected chi connectivity index (χ1v) is 13.5. The summed E-state index contributed by atoms with van der Waals surface area (Å²) in [7, 11) is -3.83. The maximum absolute atomic E-state index is 13.1. The van der Waals surface area contributed by atoms with E-state index in [0.717, 1.165) is 16.9 Å². The summed E-state index contributed by atoms with van der Waals surface area (Å²) in [5, 5.41) is 3.18. The van der Waals surface area contributed by atoms with Crippen molar-refractivity contribution in [3.05, 3.63) is 112 Å². The number of anilines is 2. The van der Waals surface area contributed by atoms with Crippen LogP contribution in [0.15, 0.2) is 95.0 Å². The molecule has 3 heterocycles. The van der Waals surface area contributed by atoms with Crippen LogP contribution in [0, 0.1) is 6.92 Å². The monoisotopic (exact) mass is 531 g/mol. The molecule has 0 saturated carbocycles. The molecule has 9 nitrogen and oxygen atoms in total. The zero-order chi connectivity index (χ0) is 26.0. The molecule has 0 unspecified atom stereocenters. The number of carbonyl (C=O) groups excluding carboxylic acids is 1. The summed E-state index contributed by atoms with van der Waals surface area (Å²) in [4.78, 5) is 35.4. The van der Waals surface area contributed by atoms with Gasteiger partial charge in [0.25, 0.3) is 21.5 Å². The van der Waals surface area contributed by atoms with Gasteiger partial charge >= 0.3 is 0 Å². The number of nitrogens with zero attached hydrogens (tertiary/aromatic N) is 3. The van der Waals surface area contributed by atoms with E-state index in [2.05, 4.69) is 20.0 Å². The first kappa shape index (κ1) is 24.3. The lowest BCUT2D eigenvalue weighted by atomic mass is 10.2. The number of benzene rings is 2. The summed E-state index contributed by atoms with van der Waals surface area (Å²) in [5.41, 5.74) is 1.72. The van der Waals surface area contributed by atoms with Crippen LogP contribution in [0.4, 0.5) is 11.5 Å². The number of nitrogens with one attached hydrogen (secondary N) is 2. The normalized spacial score (nSPS) is 11.4. The molecule has 0 fully saturated rings. The van der Waals surface area contributed by atoms with E-state index in [4.69, 9.17) is 0 Å². The van der Waals surface area contributed by atoms with Gasteiger partial charge in [-0.3, -0.25) is 18.9 Å². The number of carbonyl (C=O) groups is 1. The number of thiophene rings is 1. The van der Waals surface area contributed by atoms with Crippen molar-refractivity contribution in [1.29, 1.82) is 0 Å². The Morgan fingerprint density at radius 1 is 0.973 bits per heavy atom. The first-order valence-electron chi connectivity index (χ1n) is 11.2. The number of aromatic nitrogens is 3. The van der Waals surface area contributed by atoms with Crippen LogP contribution in [0.2, 0.25) is 0 Å². The molecule has 0 aliphatic rings. The molecule has 0 atom stereocenters. The van der Waals surface area contributed by atoms with Crippen LogP contribution in [0.3, 0.4) is 0 Å². The number of amides is 1. The lowest BCUT2D eigenvalue weighted by Crippen LogP contribution is -2.21. The van der Waals surface area contributed by atoms with E-state index in [1.165, 1.54) is 41.4 Å². The fourth-order valence-corrected chi connectivity index (χ4v) is 5.84. The highest BCUT2D eigenvalue weighted by Gasteiger charge is 2.20. The molecule has 186 valence electrons. The second-order valence-corrected chi connectivity index (χ2v) is 10.9. The van der Waals surface area contributed by atoms with Crippen molar-refractivity contribution >= 4 is 49.0 Å². The van der Waals surface area contributed by atoms with Gasteiger partial charge in [-0.25, -0.2) is 18.4 Å². The van der Waals surface area contributed by atoms with Crippen molar-refractivity contribution in [2.24, 2.45) is 0 Å². The average Bonchev–Trinajstić information content (AvgIpc) is 3.24. The Kier molecular flexibility index (Phi) is 6.55. The lowest BCUT2D eigenvalue weighted by molar-refractivity contribution is 0.103. The zero-order valence-corrected chi connectivity index (χ0v) is 21.2. The Morgan fingerprint density at radius 2 is 1.70 bits per heavy atom. The highest BCUT2D eigenvalue weighted by Crippen LogP contribution is 2.28. The molecule has 0 bridgehead atoms. The summed E-state index contributed by atoms with van der Waals surface area (Å²) < 4.78 is 29.1. The smallest absolute Gasteiger partial charge is 0.266 e. The van der Waals surface area contributed by atoms with Crippen LogP contribution in [-0.2, 0) is 16.6 Å². The summed E-state index contributed by atoms with van der Waals surface area (Å²) >= 11 is 1.14. The summed E-state index contributed by atoms with van der Waals surface area (Å²) in [5.74, 6) is -0.201. The molecule has 0 aliphatic heterocycles. The Hall–Kier alpha value is -4.35. The molecular weight excluding hydrogens is 510 g/mol. The quantitative estimate of drug-likeness (QED) is 0.323. The minimum Gasteiger partial charge on any atom is -0.321 e. The largest absolute Gasteiger partial charge is 0.321 e. The van der Waals surface area contributed by atoms with Crippen LogP contribution >= 0.6 is 11.3 Å². The molecule has 3 aromatic heterocycles. The molecule has 5 rings (SSSR count). The minimum atomic E-state index is -3.83. The fraction of sp³-hybridized carbons (Fsp3) is 0.0769. The predicted octanol–water partition coefficient (Wildman–Crippen LogP) is 4.26. The van der Waals surface area contributed by atoms with Gasteiger partial charge in [0.1, 0.15) is 10.6 Å². The third-order valence-electron chi connectivity index (χ3n) is 5.65. The van der Waals surface area contributed by atoms with Gasteiger partial charge in [0.05, 0.1) is 28.0 Å². The highest BCUT2D eigenvalue weighted by molar-refractivity contribution is 7.92. The summed E-state index contributed by atoms with van der Waals surface area (Å²) in [6, 6.07) is 20.3. The third kappa shape index (κ3) is 5.13. The standard InChI is InChI=1S/C26H21N5O4S2/c1-17-22-25(28-16-31(26(22)33)15-18-7-3-2-4-8-18)36-23(17)24(32)29-19-10-12-20(13-11-19)37(34,35)30-21-9-5-6-14-27-21/h2-14,16H,15H2,1H3,(H,27,30)(H,29,32). The Bertz CT molecular complexity index is 1750. The highest BCUT2D eigenvalue weighted by atomic mass is 32.2. The molecular formula is C26H21N5O4S2. The second-order valence-electron chi connectivity index (χ2n) is 8.20. The van der Waals surface area contributed by atoms with Gasteiger partial charge < -0.3 is 5.32 Å². The Morgan fingerprint density at radius 3 is 2.41 bits per heavy atom. The average molecular weight is 532 g/mol. The Labute approximate surface area is 216 Å². The van der Waals surface area contributed by atoms with E-state index in [-0.39, 0.29) is 16.3 Å². The molecule has 37 heavy (non-hydrogen) atoms. The van der Waals surface area contributed by atoms with Gasteiger partial charge in [-0.1, -0.05) is 36.4 Å². The van der Waals surface area contributed by atoms with Gasteiger partial charge in [0, 0.05) is 11.9 Å². The van der Waals surface area contributed by atoms with Crippen molar-refractivity contribution in [1.82, 2.24) is 14.5 Å². The summed E-state index contributed by atoms with van der Waals surface area (Å²) in [6.07, 6.45) is 2.98. The second kappa shape index (κ2) is 9.96. The molecule has 11 heteroatoms. The molecule has 0 aliphatic carbocycles. The zero-order valence-electron chi connectivity index (χ0n) is 19.6. The van der Waals surface area contributed by atoms with Crippen molar-refractivity contribution in [3.8, 4) is 0 Å². The lowest BCUT2D eigenvalue weighted by Gasteiger charge is -2.09. The molecule has 0 saturated heterocycles. The van der Waals surface area contributed by atoms with E-state index in [1.807, 2.05) is 30.3 Å². The van der Waals surface area contributed by atoms with Crippen molar-refractivity contribution < 1.29 is 13.2 Å². The van der Waals surface area contributed by atoms with Crippen LogP contribution in [0.25, 0.3) is 10.2 Å². The van der Waals surface area contributed by atoms with E-state index in [1.54, 1.807) is 25.1 Å². The number of hydrogen-bond acceptors (Lipinski definition) is 7. The maximum Gasteiger partial charge on any atom is 0.266 e. The van der Waals surface area contributed by atoms with Gasteiger partial charge in [-0.05, 0) is 54.4 Å². The van der Waals surface area contributed by atoms with Crippen LogP contribution < -0.4 is 15.6 Å². The number of rotatable bonds is 7. The van der Waals surface area contributed by atoms with Crippen LogP contribution in [0.5, 0.6) is 0 Å². The van der Waals surface area contributed by atoms with Crippen molar-refractivity contribution in [2.75, 3.05) is 10.0 Å².